The molecule has 3 aromatic rings. The standard InChI is InChI=1S/C17H16BrClN4O2S/c1-10(2)23-16(13-7-8-14(18)25-13)21-22-17(23)26-9-15(24)20-12-6-4-3-5-11(12)19/h3-8,10H,9H2,1-2H3,(H,20,24). The summed E-state index contributed by atoms with van der Waals surface area (Å²) in [5.41, 5.74) is 0.589. The van der Waals surface area contributed by atoms with E-state index in [4.69, 9.17) is 16.0 Å². The Labute approximate surface area is 168 Å². The second-order valence-corrected chi connectivity index (χ2v) is 7.82. The first-order valence-corrected chi connectivity index (χ1v) is 9.99. The van der Waals surface area contributed by atoms with Gasteiger partial charge in [-0.3, -0.25) is 9.36 Å². The van der Waals surface area contributed by atoms with Crippen LogP contribution in [0.3, 0.4) is 0 Å². The number of rotatable bonds is 6. The minimum Gasteiger partial charge on any atom is -0.446 e. The predicted octanol–water partition coefficient (Wildman–Crippen LogP) is 5.27. The number of nitrogens with one attached hydrogen (secondary N) is 1. The first-order valence-electron chi connectivity index (χ1n) is 7.83. The molecule has 0 unspecified atom stereocenters. The van der Waals surface area contributed by atoms with Gasteiger partial charge < -0.3 is 9.73 Å². The third-order valence-corrected chi connectivity index (χ3v) is 5.15. The van der Waals surface area contributed by atoms with Gasteiger partial charge in [0, 0.05) is 6.04 Å². The first-order chi connectivity index (χ1) is 12.5. The molecular formula is C17H16BrClN4O2S. The van der Waals surface area contributed by atoms with Gasteiger partial charge in [-0.2, -0.15) is 0 Å². The zero-order valence-corrected chi connectivity index (χ0v) is 17.2. The summed E-state index contributed by atoms with van der Waals surface area (Å²) in [6.07, 6.45) is 0. The molecule has 3 rings (SSSR count). The number of carbonyl (C=O) groups is 1. The van der Waals surface area contributed by atoms with Crippen molar-refractivity contribution in [3.63, 3.8) is 0 Å². The Balaban J connectivity index is 1.73. The summed E-state index contributed by atoms with van der Waals surface area (Å²) in [6.45, 7) is 4.05. The molecule has 136 valence electrons. The van der Waals surface area contributed by atoms with Gasteiger partial charge in [-0.05, 0) is 54.0 Å². The van der Waals surface area contributed by atoms with Crippen LogP contribution in [0, 0.1) is 0 Å². The molecular weight excluding hydrogens is 440 g/mol. The summed E-state index contributed by atoms with van der Waals surface area (Å²) >= 11 is 10.7. The number of thioether (sulfide) groups is 1. The van der Waals surface area contributed by atoms with Crippen LogP contribution in [0.1, 0.15) is 19.9 Å². The quantitative estimate of drug-likeness (QED) is 0.513. The smallest absolute Gasteiger partial charge is 0.234 e. The molecule has 0 saturated carbocycles. The Kier molecular flexibility index (Phi) is 6.05. The van der Waals surface area contributed by atoms with Crippen LogP contribution >= 0.6 is 39.3 Å². The van der Waals surface area contributed by atoms with E-state index in [0.29, 0.717) is 32.1 Å². The largest absolute Gasteiger partial charge is 0.446 e. The summed E-state index contributed by atoms with van der Waals surface area (Å²) in [6, 6.07) is 10.9. The second-order valence-electron chi connectivity index (χ2n) is 5.69. The molecule has 0 aliphatic rings. The minimum absolute atomic E-state index is 0.109. The zero-order valence-electron chi connectivity index (χ0n) is 14.1. The fourth-order valence-electron chi connectivity index (χ4n) is 2.32. The topological polar surface area (TPSA) is 73.0 Å². The number of aromatic nitrogens is 3. The lowest BCUT2D eigenvalue weighted by Crippen LogP contribution is -2.15. The highest BCUT2D eigenvalue weighted by Crippen LogP contribution is 2.30. The average Bonchev–Trinajstić information content (AvgIpc) is 3.21. The molecule has 0 saturated heterocycles. The summed E-state index contributed by atoms with van der Waals surface area (Å²) in [4.78, 5) is 12.2. The van der Waals surface area contributed by atoms with Gasteiger partial charge in [-0.25, -0.2) is 0 Å². The lowest BCUT2D eigenvalue weighted by molar-refractivity contribution is -0.113. The Bertz CT molecular complexity index is 925. The Morgan fingerprint density at radius 3 is 2.73 bits per heavy atom. The van der Waals surface area contributed by atoms with Gasteiger partial charge in [0.1, 0.15) is 0 Å². The van der Waals surface area contributed by atoms with Gasteiger partial charge >= 0.3 is 0 Å². The van der Waals surface area contributed by atoms with E-state index in [1.807, 2.05) is 36.6 Å². The van der Waals surface area contributed by atoms with E-state index in [-0.39, 0.29) is 17.7 Å². The molecule has 0 radical (unpaired) electrons. The fraction of sp³-hybridized carbons (Fsp3) is 0.235. The molecule has 6 nitrogen and oxygen atoms in total. The number of nitrogens with zero attached hydrogens (tertiary/aromatic N) is 3. The number of benzene rings is 1. The molecule has 1 aromatic carbocycles. The van der Waals surface area contributed by atoms with Gasteiger partial charge in [0.05, 0.1) is 16.5 Å². The molecule has 2 heterocycles. The van der Waals surface area contributed by atoms with E-state index in [1.54, 1.807) is 18.2 Å². The summed E-state index contributed by atoms with van der Waals surface area (Å²) in [5.74, 6) is 1.27. The van der Waals surface area contributed by atoms with Crippen molar-refractivity contribution < 1.29 is 9.21 Å². The normalized spacial score (nSPS) is 11.1. The van der Waals surface area contributed by atoms with Crippen molar-refractivity contribution in [3.05, 3.63) is 46.1 Å². The third-order valence-electron chi connectivity index (χ3n) is 3.45. The van der Waals surface area contributed by atoms with Crippen LogP contribution < -0.4 is 5.32 Å². The number of para-hydroxylation sites is 1. The molecule has 9 heteroatoms. The molecule has 1 N–H and O–H groups in total. The number of furan rings is 1. The van der Waals surface area contributed by atoms with Crippen molar-refractivity contribution in [2.45, 2.75) is 25.0 Å². The maximum Gasteiger partial charge on any atom is 0.234 e. The van der Waals surface area contributed by atoms with Crippen LogP contribution in [0.2, 0.25) is 5.02 Å². The van der Waals surface area contributed by atoms with Crippen LogP contribution in [-0.4, -0.2) is 26.4 Å². The maximum absolute atomic E-state index is 12.2. The van der Waals surface area contributed by atoms with Crippen LogP contribution in [0.5, 0.6) is 0 Å². The van der Waals surface area contributed by atoms with Gasteiger partial charge in [-0.15, -0.1) is 10.2 Å². The molecule has 0 spiro atoms. The molecule has 0 bridgehead atoms. The molecule has 0 fully saturated rings. The van der Waals surface area contributed by atoms with Crippen LogP contribution in [0.25, 0.3) is 11.6 Å². The highest BCUT2D eigenvalue weighted by molar-refractivity contribution is 9.10. The maximum atomic E-state index is 12.2. The van der Waals surface area contributed by atoms with Crippen molar-refractivity contribution in [2.75, 3.05) is 11.1 Å². The molecule has 0 aliphatic carbocycles. The van der Waals surface area contributed by atoms with Crippen LogP contribution in [0.15, 0.2) is 50.6 Å². The van der Waals surface area contributed by atoms with Crippen LogP contribution in [-0.2, 0) is 4.79 Å². The Hall–Kier alpha value is -1.77. The monoisotopic (exact) mass is 454 g/mol. The first kappa shape index (κ1) is 19.0. The van der Waals surface area contributed by atoms with E-state index in [1.165, 1.54) is 11.8 Å². The van der Waals surface area contributed by atoms with Crippen molar-refractivity contribution in [2.24, 2.45) is 0 Å². The number of hydrogen-bond acceptors (Lipinski definition) is 5. The van der Waals surface area contributed by atoms with Crippen molar-refractivity contribution in [1.82, 2.24) is 14.8 Å². The third kappa shape index (κ3) is 4.31. The number of halogens is 2. The summed E-state index contributed by atoms with van der Waals surface area (Å²) in [5, 5.41) is 12.4. The molecule has 26 heavy (non-hydrogen) atoms. The Morgan fingerprint density at radius 1 is 1.31 bits per heavy atom. The number of hydrogen-bond donors (Lipinski definition) is 1. The highest BCUT2D eigenvalue weighted by Gasteiger charge is 2.20. The highest BCUT2D eigenvalue weighted by atomic mass is 79.9. The van der Waals surface area contributed by atoms with Crippen LogP contribution in [0.4, 0.5) is 5.69 Å². The number of anilines is 1. The lowest BCUT2D eigenvalue weighted by Gasteiger charge is -2.12. The van der Waals surface area contributed by atoms with Crippen molar-refractivity contribution in [1.29, 1.82) is 0 Å². The summed E-state index contributed by atoms with van der Waals surface area (Å²) < 4.78 is 8.15. The summed E-state index contributed by atoms with van der Waals surface area (Å²) in [7, 11) is 0. The van der Waals surface area contributed by atoms with E-state index >= 15 is 0 Å². The molecule has 0 aliphatic heterocycles. The van der Waals surface area contributed by atoms with Gasteiger partial charge in [-0.1, -0.05) is 35.5 Å². The number of amides is 1. The van der Waals surface area contributed by atoms with Gasteiger partial charge in [0.2, 0.25) is 11.7 Å². The SMILES string of the molecule is CC(C)n1c(SCC(=O)Nc2ccccc2Cl)nnc1-c1ccc(Br)o1. The van der Waals surface area contributed by atoms with E-state index in [0.717, 1.165) is 0 Å². The second kappa shape index (κ2) is 8.28. The van der Waals surface area contributed by atoms with E-state index < -0.39 is 0 Å². The zero-order chi connectivity index (χ0) is 18.7. The fourth-order valence-corrected chi connectivity index (χ4v) is 3.68. The predicted molar refractivity (Wildman–Crippen MR) is 107 cm³/mol. The Morgan fingerprint density at radius 2 is 2.08 bits per heavy atom. The lowest BCUT2D eigenvalue weighted by atomic mass is 10.3. The van der Waals surface area contributed by atoms with E-state index in [9.17, 15) is 4.79 Å². The average molecular weight is 456 g/mol. The minimum atomic E-state index is -0.163. The van der Waals surface area contributed by atoms with Gasteiger partial charge in [0.25, 0.3) is 0 Å². The van der Waals surface area contributed by atoms with Crippen molar-refractivity contribution >= 4 is 50.9 Å². The van der Waals surface area contributed by atoms with E-state index in [2.05, 4.69) is 31.4 Å². The molecule has 0 atom stereocenters. The van der Waals surface area contributed by atoms with Crippen molar-refractivity contribution in [3.8, 4) is 11.6 Å². The molecule has 1 amide bonds. The van der Waals surface area contributed by atoms with Gasteiger partial charge in [0.15, 0.2) is 15.6 Å². The number of carbonyl (C=O) groups excluding carboxylic acids is 1. The molecule has 2 aromatic heterocycles.